The molecule has 1 aliphatic carbocycles. The standard InChI is InChI=1S/C12H14O5/c1-7-3-4-8-9(11(14)15-2)5-16-12(10(7)8)17-6-13/h3,5-6,8,10,12H,4H2,1-2H3. The minimum atomic E-state index is -0.648. The molecule has 1 aliphatic heterocycles. The summed E-state index contributed by atoms with van der Waals surface area (Å²) in [7, 11) is 1.33. The van der Waals surface area contributed by atoms with E-state index in [0.29, 0.717) is 12.0 Å². The van der Waals surface area contributed by atoms with Crippen LogP contribution >= 0.6 is 0 Å². The van der Waals surface area contributed by atoms with E-state index in [-0.39, 0.29) is 11.8 Å². The van der Waals surface area contributed by atoms with E-state index in [1.54, 1.807) is 0 Å². The third kappa shape index (κ3) is 1.92. The van der Waals surface area contributed by atoms with Crippen molar-refractivity contribution in [2.24, 2.45) is 11.8 Å². The molecule has 17 heavy (non-hydrogen) atoms. The summed E-state index contributed by atoms with van der Waals surface area (Å²) in [6, 6.07) is 0. The number of esters is 1. The van der Waals surface area contributed by atoms with Crippen LogP contribution in [0.1, 0.15) is 13.3 Å². The molecule has 0 saturated carbocycles. The van der Waals surface area contributed by atoms with Crippen LogP contribution in [0.5, 0.6) is 0 Å². The van der Waals surface area contributed by atoms with Gasteiger partial charge in [-0.2, -0.15) is 0 Å². The smallest absolute Gasteiger partial charge is 0.337 e. The topological polar surface area (TPSA) is 61.8 Å². The average Bonchev–Trinajstić information content (AvgIpc) is 2.72. The molecule has 5 heteroatoms. The maximum atomic E-state index is 11.6. The molecule has 0 amide bonds. The van der Waals surface area contributed by atoms with Crippen LogP contribution in [0.15, 0.2) is 23.5 Å². The van der Waals surface area contributed by atoms with E-state index in [4.69, 9.17) is 14.2 Å². The predicted molar refractivity (Wildman–Crippen MR) is 57.5 cm³/mol. The monoisotopic (exact) mass is 238 g/mol. The minimum Gasteiger partial charge on any atom is -0.466 e. The zero-order valence-corrected chi connectivity index (χ0v) is 9.71. The molecule has 0 aromatic rings. The van der Waals surface area contributed by atoms with Crippen molar-refractivity contribution in [1.29, 1.82) is 0 Å². The third-order valence-corrected chi connectivity index (χ3v) is 3.29. The van der Waals surface area contributed by atoms with Crippen molar-refractivity contribution < 1.29 is 23.8 Å². The summed E-state index contributed by atoms with van der Waals surface area (Å²) in [5, 5.41) is 0. The number of hydrogen-bond donors (Lipinski definition) is 0. The van der Waals surface area contributed by atoms with Crippen LogP contribution in [0.2, 0.25) is 0 Å². The quantitative estimate of drug-likeness (QED) is 0.419. The summed E-state index contributed by atoms with van der Waals surface area (Å²) in [6.45, 7) is 2.31. The summed E-state index contributed by atoms with van der Waals surface area (Å²) in [6.07, 6.45) is 3.46. The van der Waals surface area contributed by atoms with Gasteiger partial charge in [-0.15, -0.1) is 0 Å². The maximum absolute atomic E-state index is 11.6. The molecule has 0 aromatic heterocycles. The molecular weight excluding hydrogens is 224 g/mol. The van der Waals surface area contributed by atoms with E-state index in [0.717, 1.165) is 12.0 Å². The van der Waals surface area contributed by atoms with Crippen LogP contribution in [-0.4, -0.2) is 25.8 Å². The Morgan fingerprint density at radius 2 is 2.35 bits per heavy atom. The molecule has 2 aliphatic rings. The highest BCUT2D eigenvalue weighted by Gasteiger charge is 2.43. The van der Waals surface area contributed by atoms with Gasteiger partial charge in [0.1, 0.15) is 0 Å². The minimum absolute atomic E-state index is 0.0267. The number of ether oxygens (including phenoxy) is 3. The second-order valence-corrected chi connectivity index (χ2v) is 4.12. The summed E-state index contributed by atoms with van der Waals surface area (Å²) in [4.78, 5) is 22.0. The number of allylic oxidation sites excluding steroid dienone is 1. The van der Waals surface area contributed by atoms with Crippen LogP contribution in [0.3, 0.4) is 0 Å². The van der Waals surface area contributed by atoms with Crippen LogP contribution < -0.4 is 0 Å². The first-order valence-electron chi connectivity index (χ1n) is 5.38. The van der Waals surface area contributed by atoms with Gasteiger partial charge in [0.2, 0.25) is 6.29 Å². The van der Waals surface area contributed by atoms with Gasteiger partial charge in [-0.05, 0) is 13.3 Å². The highest BCUT2D eigenvalue weighted by molar-refractivity contribution is 5.89. The van der Waals surface area contributed by atoms with Gasteiger partial charge in [0.05, 0.1) is 24.9 Å². The van der Waals surface area contributed by atoms with Gasteiger partial charge in [0, 0.05) is 5.92 Å². The number of methoxy groups -OCH3 is 1. The highest BCUT2D eigenvalue weighted by Crippen LogP contribution is 2.43. The summed E-state index contributed by atoms with van der Waals surface area (Å²) >= 11 is 0. The molecule has 0 aromatic carbocycles. The van der Waals surface area contributed by atoms with E-state index >= 15 is 0 Å². The molecule has 0 radical (unpaired) electrons. The van der Waals surface area contributed by atoms with Crippen molar-refractivity contribution in [3.05, 3.63) is 23.5 Å². The first-order valence-corrected chi connectivity index (χ1v) is 5.38. The van der Waals surface area contributed by atoms with E-state index in [1.165, 1.54) is 13.4 Å². The summed E-state index contributed by atoms with van der Waals surface area (Å²) in [5.41, 5.74) is 1.56. The van der Waals surface area contributed by atoms with Gasteiger partial charge in [0.15, 0.2) is 0 Å². The Hall–Kier alpha value is -1.78. The molecule has 0 saturated heterocycles. The SMILES string of the molecule is COC(=O)C1=COC(OC=O)C2C(C)=CCC12. The van der Waals surface area contributed by atoms with Gasteiger partial charge >= 0.3 is 5.97 Å². The molecule has 3 atom stereocenters. The molecule has 0 N–H and O–H groups in total. The highest BCUT2D eigenvalue weighted by atomic mass is 16.7. The van der Waals surface area contributed by atoms with E-state index in [9.17, 15) is 9.59 Å². The molecule has 92 valence electrons. The van der Waals surface area contributed by atoms with Gasteiger partial charge in [-0.1, -0.05) is 11.6 Å². The Bertz CT molecular complexity index is 396. The Kier molecular flexibility index (Phi) is 3.17. The lowest BCUT2D eigenvalue weighted by Crippen LogP contribution is -2.36. The van der Waals surface area contributed by atoms with Crippen molar-refractivity contribution in [3.63, 3.8) is 0 Å². The molecule has 0 fully saturated rings. The molecule has 1 heterocycles. The second-order valence-electron chi connectivity index (χ2n) is 4.12. The number of fused-ring (bicyclic) bond motifs is 1. The molecule has 0 spiro atoms. The normalized spacial score (nSPS) is 30.6. The van der Waals surface area contributed by atoms with E-state index < -0.39 is 12.3 Å². The Labute approximate surface area is 99.0 Å². The van der Waals surface area contributed by atoms with Crippen LogP contribution in [-0.2, 0) is 23.8 Å². The zero-order chi connectivity index (χ0) is 12.4. The lowest BCUT2D eigenvalue weighted by atomic mass is 9.84. The van der Waals surface area contributed by atoms with Gasteiger partial charge in [-0.25, -0.2) is 4.79 Å². The Morgan fingerprint density at radius 3 is 3.00 bits per heavy atom. The van der Waals surface area contributed by atoms with Crippen molar-refractivity contribution in [1.82, 2.24) is 0 Å². The zero-order valence-electron chi connectivity index (χ0n) is 9.71. The lowest BCUT2D eigenvalue weighted by Gasteiger charge is -2.32. The Morgan fingerprint density at radius 1 is 1.59 bits per heavy atom. The van der Waals surface area contributed by atoms with Crippen molar-refractivity contribution >= 4 is 12.4 Å². The van der Waals surface area contributed by atoms with Crippen molar-refractivity contribution in [3.8, 4) is 0 Å². The second kappa shape index (κ2) is 4.61. The maximum Gasteiger partial charge on any atom is 0.337 e. The fourth-order valence-corrected chi connectivity index (χ4v) is 2.44. The summed E-state index contributed by atoms with van der Waals surface area (Å²) < 4.78 is 14.9. The van der Waals surface area contributed by atoms with Crippen molar-refractivity contribution in [2.75, 3.05) is 7.11 Å². The molecule has 2 rings (SSSR count). The molecule has 0 bridgehead atoms. The van der Waals surface area contributed by atoms with Crippen LogP contribution in [0, 0.1) is 11.8 Å². The fourth-order valence-electron chi connectivity index (χ4n) is 2.44. The van der Waals surface area contributed by atoms with Crippen LogP contribution in [0.4, 0.5) is 0 Å². The first kappa shape index (κ1) is 11.7. The van der Waals surface area contributed by atoms with E-state index in [2.05, 4.69) is 0 Å². The first-order chi connectivity index (χ1) is 8.19. The Balaban J connectivity index is 2.26. The van der Waals surface area contributed by atoms with Crippen LogP contribution in [0.25, 0.3) is 0 Å². The number of carbonyl (C=O) groups excluding carboxylic acids is 2. The van der Waals surface area contributed by atoms with Gasteiger partial charge < -0.3 is 14.2 Å². The molecule has 3 unspecified atom stereocenters. The van der Waals surface area contributed by atoms with Crippen molar-refractivity contribution in [2.45, 2.75) is 19.6 Å². The lowest BCUT2D eigenvalue weighted by molar-refractivity contribution is -0.167. The average molecular weight is 238 g/mol. The number of rotatable bonds is 3. The van der Waals surface area contributed by atoms with Gasteiger partial charge in [-0.3, -0.25) is 4.79 Å². The molecule has 5 nitrogen and oxygen atoms in total. The number of hydrogen-bond acceptors (Lipinski definition) is 5. The predicted octanol–water partition coefficient (Wildman–Crippen LogP) is 1.15. The number of carbonyl (C=O) groups is 2. The van der Waals surface area contributed by atoms with E-state index in [1.807, 2.05) is 13.0 Å². The summed E-state index contributed by atoms with van der Waals surface area (Å²) in [5.74, 6) is -0.520. The van der Waals surface area contributed by atoms with Gasteiger partial charge in [0.25, 0.3) is 6.47 Å². The third-order valence-electron chi connectivity index (χ3n) is 3.29. The molecular formula is C12H14O5. The fraction of sp³-hybridized carbons (Fsp3) is 0.500. The largest absolute Gasteiger partial charge is 0.466 e.